The number of likely N-dealkylation sites (N-methyl/N-ethyl adjacent to an activating group) is 1. The second-order valence-electron chi connectivity index (χ2n) is 3.55. The molecule has 0 aromatic heterocycles. The van der Waals surface area contributed by atoms with Crippen LogP contribution in [0.5, 0.6) is 0 Å². The molecule has 2 nitrogen and oxygen atoms in total. The Kier molecular flexibility index (Phi) is 1.69. The van der Waals surface area contributed by atoms with Crippen molar-refractivity contribution in [3.8, 4) is 0 Å². The maximum absolute atomic E-state index is 2.50. The molecule has 0 radical (unpaired) electrons. The number of hydrogen-bond acceptors (Lipinski definition) is 2. The lowest BCUT2D eigenvalue weighted by Gasteiger charge is -2.36. The van der Waals surface area contributed by atoms with Crippen LogP contribution in [0, 0.1) is 0 Å². The second-order valence-corrected chi connectivity index (χ2v) is 4.71. The highest BCUT2D eigenvalue weighted by Gasteiger charge is 2.49. The van der Waals surface area contributed by atoms with E-state index in [4.69, 9.17) is 0 Å². The normalized spacial score (nSPS) is 33.0. The van der Waals surface area contributed by atoms with Gasteiger partial charge in [-0.1, -0.05) is 0 Å². The highest BCUT2D eigenvalue weighted by molar-refractivity contribution is 14.1. The number of halogens is 1. The van der Waals surface area contributed by atoms with Gasteiger partial charge in [0.2, 0.25) is 0 Å². The summed E-state index contributed by atoms with van der Waals surface area (Å²) in [7, 11) is 2.23. The monoisotopic (exact) mass is 252 g/mol. The summed E-state index contributed by atoms with van der Waals surface area (Å²) in [6, 6.07) is 0. The molecule has 0 aromatic carbocycles. The van der Waals surface area contributed by atoms with E-state index >= 15 is 0 Å². The molecule has 2 rings (SSSR count). The van der Waals surface area contributed by atoms with Crippen LogP contribution in [0.3, 0.4) is 0 Å². The van der Waals surface area contributed by atoms with Crippen LogP contribution >= 0.6 is 22.9 Å². The Balaban J connectivity index is 2.03. The smallest absolute Gasteiger partial charge is 0.0433 e. The molecule has 1 aliphatic carbocycles. The van der Waals surface area contributed by atoms with Gasteiger partial charge in [0.05, 0.1) is 0 Å². The minimum atomic E-state index is 0.605. The molecule has 10 heavy (non-hydrogen) atoms. The molecule has 3 heteroatoms. The van der Waals surface area contributed by atoms with Crippen molar-refractivity contribution in [3.63, 3.8) is 0 Å². The highest BCUT2D eigenvalue weighted by atomic mass is 127. The first-order valence-electron chi connectivity index (χ1n) is 3.85. The molecule has 2 aliphatic rings. The Morgan fingerprint density at radius 3 is 2.50 bits per heavy atom. The molecule has 0 bridgehead atoms. The van der Waals surface area contributed by atoms with Gasteiger partial charge in [-0.15, -0.1) is 0 Å². The van der Waals surface area contributed by atoms with E-state index in [1.807, 2.05) is 0 Å². The number of nitrogens with zero attached hydrogens (tertiary/aromatic N) is 2. The van der Waals surface area contributed by atoms with Crippen molar-refractivity contribution >= 4 is 22.9 Å². The van der Waals surface area contributed by atoms with Gasteiger partial charge < -0.3 is 4.90 Å². The van der Waals surface area contributed by atoms with E-state index in [9.17, 15) is 0 Å². The van der Waals surface area contributed by atoms with Crippen LogP contribution < -0.4 is 0 Å². The first-order chi connectivity index (χ1) is 4.73. The Labute approximate surface area is 76.1 Å². The molecule has 58 valence electrons. The maximum atomic E-state index is 2.50. The average molecular weight is 252 g/mol. The average Bonchev–Trinajstić information content (AvgIpc) is 2.62. The van der Waals surface area contributed by atoms with Crippen LogP contribution in [0.25, 0.3) is 0 Å². The fourth-order valence-corrected chi connectivity index (χ4v) is 2.55. The zero-order valence-corrected chi connectivity index (χ0v) is 8.47. The summed E-state index contributed by atoms with van der Waals surface area (Å²) in [5, 5.41) is 0. The zero-order valence-electron chi connectivity index (χ0n) is 6.31. The van der Waals surface area contributed by atoms with Crippen molar-refractivity contribution in [2.24, 2.45) is 0 Å². The number of rotatable bonds is 0. The van der Waals surface area contributed by atoms with Crippen LogP contribution in [-0.4, -0.2) is 40.2 Å². The number of hydrogen-bond donors (Lipinski definition) is 0. The fraction of sp³-hybridized carbons (Fsp3) is 1.00. The minimum Gasteiger partial charge on any atom is -0.303 e. The van der Waals surface area contributed by atoms with E-state index in [0.717, 1.165) is 0 Å². The summed E-state index contributed by atoms with van der Waals surface area (Å²) in [5.41, 5.74) is 0.605. The van der Waals surface area contributed by atoms with Crippen LogP contribution in [0.2, 0.25) is 0 Å². The zero-order chi connectivity index (χ0) is 7.19. The molecule has 0 amide bonds. The Bertz CT molecular complexity index is 145. The topological polar surface area (TPSA) is 6.48 Å². The lowest BCUT2D eigenvalue weighted by atomic mass is 10.2. The van der Waals surface area contributed by atoms with Gasteiger partial charge in [-0.05, 0) is 19.9 Å². The van der Waals surface area contributed by atoms with Crippen LogP contribution in [-0.2, 0) is 0 Å². The Hall–Kier alpha value is 0.650. The van der Waals surface area contributed by atoms with Crippen molar-refractivity contribution in [1.82, 2.24) is 8.01 Å². The highest BCUT2D eigenvalue weighted by Crippen LogP contribution is 2.45. The molecule has 0 atom stereocenters. The molecule has 1 saturated heterocycles. The quantitative estimate of drug-likeness (QED) is 0.471. The number of piperazine rings is 1. The van der Waals surface area contributed by atoms with E-state index in [2.05, 4.69) is 37.9 Å². The standard InChI is InChI=1S/C7H13IN2/c1-9-4-5-10(8)7(6-9)2-3-7/h2-6H2,1H3. The summed E-state index contributed by atoms with van der Waals surface area (Å²) < 4.78 is 2.50. The van der Waals surface area contributed by atoms with Gasteiger partial charge in [-0.3, -0.25) is 0 Å². The second kappa shape index (κ2) is 2.32. The van der Waals surface area contributed by atoms with Gasteiger partial charge in [0, 0.05) is 48.0 Å². The minimum absolute atomic E-state index is 0.605. The third-order valence-corrected chi connectivity index (χ3v) is 4.09. The van der Waals surface area contributed by atoms with E-state index < -0.39 is 0 Å². The van der Waals surface area contributed by atoms with Crippen LogP contribution in [0.15, 0.2) is 0 Å². The molecule has 1 saturated carbocycles. The molecule has 1 spiro atoms. The molecular weight excluding hydrogens is 239 g/mol. The van der Waals surface area contributed by atoms with Gasteiger partial charge in [-0.25, -0.2) is 3.11 Å². The van der Waals surface area contributed by atoms with E-state index in [1.165, 1.54) is 32.5 Å². The van der Waals surface area contributed by atoms with Crippen molar-refractivity contribution in [1.29, 1.82) is 0 Å². The Morgan fingerprint density at radius 1 is 1.30 bits per heavy atom. The molecule has 0 unspecified atom stereocenters. The summed E-state index contributed by atoms with van der Waals surface area (Å²) >= 11 is 2.48. The molecular formula is C7H13IN2. The SMILES string of the molecule is CN1CCN(I)C2(CC2)C1. The predicted octanol–water partition coefficient (Wildman–Crippen LogP) is 1.12. The van der Waals surface area contributed by atoms with Crippen LogP contribution in [0.1, 0.15) is 12.8 Å². The fourth-order valence-electron chi connectivity index (χ4n) is 1.70. The lowest BCUT2D eigenvalue weighted by molar-refractivity contribution is 0.169. The molecule has 1 aliphatic heterocycles. The van der Waals surface area contributed by atoms with Crippen molar-refractivity contribution in [3.05, 3.63) is 0 Å². The molecule has 2 fully saturated rings. The van der Waals surface area contributed by atoms with Gasteiger partial charge in [0.15, 0.2) is 0 Å². The molecule has 0 aromatic rings. The predicted molar refractivity (Wildman–Crippen MR) is 50.2 cm³/mol. The first-order valence-corrected chi connectivity index (χ1v) is 4.81. The van der Waals surface area contributed by atoms with Crippen molar-refractivity contribution in [2.75, 3.05) is 26.7 Å². The Morgan fingerprint density at radius 2 is 2.00 bits per heavy atom. The summed E-state index contributed by atoms with van der Waals surface area (Å²) in [6.07, 6.45) is 2.83. The van der Waals surface area contributed by atoms with Gasteiger partial charge in [-0.2, -0.15) is 0 Å². The van der Waals surface area contributed by atoms with Crippen molar-refractivity contribution in [2.45, 2.75) is 18.4 Å². The van der Waals surface area contributed by atoms with Gasteiger partial charge in [0.25, 0.3) is 0 Å². The first kappa shape index (κ1) is 7.31. The van der Waals surface area contributed by atoms with Crippen LogP contribution in [0.4, 0.5) is 0 Å². The van der Waals surface area contributed by atoms with E-state index in [1.54, 1.807) is 0 Å². The van der Waals surface area contributed by atoms with E-state index in [0.29, 0.717) is 5.54 Å². The third kappa shape index (κ3) is 1.08. The largest absolute Gasteiger partial charge is 0.303 e. The molecule has 0 N–H and O–H groups in total. The lowest BCUT2D eigenvalue weighted by Crippen LogP contribution is -2.48. The maximum Gasteiger partial charge on any atom is 0.0433 e. The summed E-state index contributed by atoms with van der Waals surface area (Å²) in [4.78, 5) is 2.45. The summed E-state index contributed by atoms with van der Waals surface area (Å²) in [5.74, 6) is 0. The van der Waals surface area contributed by atoms with Gasteiger partial charge in [0.1, 0.15) is 0 Å². The van der Waals surface area contributed by atoms with Gasteiger partial charge >= 0.3 is 0 Å². The van der Waals surface area contributed by atoms with E-state index in [-0.39, 0.29) is 0 Å². The summed E-state index contributed by atoms with van der Waals surface area (Å²) in [6.45, 7) is 3.78. The third-order valence-electron chi connectivity index (χ3n) is 2.58. The van der Waals surface area contributed by atoms with Crippen molar-refractivity contribution < 1.29 is 0 Å². The molecule has 1 heterocycles.